The van der Waals surface area contributed by atoms with Gasteiger partial charge in [0, 0.05) is 43.6 Å². The lowest BCUT2D eigenvalue weighted by molar-refractivity contribution is 0.894. The summed E-state index contributed by atoms with van der Waals surface area (Å²) in [6.07, 6.45) is 0. The summed E-state index contributed by atoms with van der Waals surface area (Å²) in [7, 11) is 0. The topological polar surface area (TPSA) is 53.5 Å². The van der Waals surface area contributed by atoms with E-state index in [1.54, 1.807) is 4.57 Å². The number of benzene rings is 7. The average Bonchev–Trinajstić information content (AvgIpc) is 3.88. The zero-order valence-corrected chi connectivity index (χ0v) is 27.0. The molecule has 6 heteroatoms. The number of nitrogens with zero attached hydrogens (tertiary/aromatic N) is 6. The van der Waals surface area contributed by atoms with Gasteiger partial charge in [-0.05, 0) is 42.4 Å². The van der Waals surface area contributed by atoms with Gasteiger partial charge in [0.25, 0.3) is 0 Å². The molecule has 11 rings (SSSR count). The monoisotopic (exact) mass is 657 g/mol. The molecule has 0 aliphatic rings. The molecule has 0 bridgehead atoms. The Balaban J connectivity index is 1.31. The van der Waals surface area contributed by atoms with Gasteiger partial charge in [-0.3, -0.25) is 9.13 Å². The number of fused-ring (bicyclic) bond motifs is 10. The molecular weight excluding hydrogens is 625 g/mol. The summed E-state index contributed by atoms with van der Waals surface area (Å²) in [4.78, 5) is 15.7. The van der Waals surface area contributed by atoms with Crippen LogP contribution in [0, 0.1) is 0 Å². The van der Waals surface area contributed by atoms with Crippen LogP contribution in [-0.4, -0.2) is 28.7 Å². The molecule has 0 fully saturated rings. The van der Waals surface area contributed by atoms with Gasteiger partial charge in [0.1, 0.15) is 0 Å². The summed E-state index contributed by atoms with van der Waals surface area (Å²) in [5, 5.41) is 5.81. The third-order valence-electron chi connectivity index (χ3n) is 9.80. The number of hydrogen-bond acceptors (Lipinski definition) is 3. The first kappa shape index (κ1) is 23.3. The molecular formula is C45H28N6. The Bertz CT molecular complexity index is 3360. The molecule has 0 aliphatic carbocycles. The largest absolute Gasteiger partial charge is 0.309 e. The van der Waals surface area contributed by atoms with Gasteiger partial charge in [-0.1, -0.05) is 127 Å². The summed E-state index contributed by atoms with van der Waals surface area (Å²) in [5.41, 5.74) is 5.95. The van der Waals surface area contributed by atoms with Gasteiger partial charge in [0.15, 0.2) is 5.82 Å². The van der Waals surface area contributed by atoms with E-state index < -0.39 is 18.1 Å². The van der Waals surface area contributed by atoms with E-state index in [0.717, 1.165) is 59.9 Å². The van der Waals surface area contributed by atoms with Crippen molar-refractivity contribution >= 4 is 65.4 Å². The van der Waals surface area contributed by atoms with Gasteiger partial charge in [-0.2, -0.15) is 15.0 Å². The average molecular weight is 658 g/mol. The van der Waals surface area contributed by atoms with Gasteiger partial charge in [0.05, 0.1) is 40.0 Å². The summed E-state index contributed by atoms with van der Waals surface area (Å²) >= 11 is 0. The van der Waals surface area contributed by atoms with Gasteiger partial charge in [-0.15, -0.1) is 0 Å². The SMILES string of the molecule is [2H]c1c([2H])c([2H])c(-n2c3ccccc3c3c2ccc2c4ccccc4n(-c4nc(-c5ccccc5)nc(-n5c6ccccc6c6ccccc65)n4)c23)c([2H])c1[2H]. The number of rotatable bonds is 4. The first-order valence-electron chi connectivity index (χ1n) is 19.2. The van der Waals surface area contributed by atoms with Crippen molar-refractivity contribution in [2.24, 2.45) is 0 Å². The normalized spacial score (nSPS) is 13.3. The van der Waals surface area contributed by atoms with Crippen molar-refractivity contribution in [2.45, 2.75) is 0 Å². The molecule has 51 heavy (non-hydrogen) atoms. The van der Waals surface area contributed by atoms with Crippen LogP contribution in [0.25, 0.3) is 94.4 Å². The van der Waals surface area contributed by atoms with Crippen LogP contribution in [0.3, 0.4) is 0 Å². The number of para-hydroxylation sites is 5. The smallest absolute Gasteiger partial charge is 0.240 e. The molecule has 4 heterocycles. The van der Waals surface area contributed by atoms with Crippen LogP contribution in [0.5, 0.6) is 0 Å². The van der Waals surface area contributed by atoms with E-state index in [1.807, 2.05) is 103 Å². The minimum absolute atomic E-state index is 0.0874. The molecule has 0 radical (unpaired) electrons. The molecule has 0 atom stereocenters. The molecule has 0 N–H and O–H groups in total. The van der Waals surface area contributed by atoms with Crippen molar-refractivity contribution in [2.75, 3.05) is 0 Å². The van der Waals surface area contributed by atoms with Crippen molar-refractivity contribution in [1.82, 2.24) is 28.7 Å². The maximum Gasteiger partial charge on any atom is 0.240 e. The van der Waals surface area contributed by atoms with Crippen LogP contribution in [-0.2, 0) is 0 Å². The zero-order chi connectivity index (χ0) is 37.8. The second-order valence-electron chi connectivity index (χ2n) is 12.5. The second kappa shape index (κ2) is 10.7. The third-order valence-corrected chi connectivity index (χ3v) is 9.80. The summed E-state index contributed by atoms with van der Waals surface area (Å²) in [6, 6.07) is 44.6. The highest BCUT2D eigenvalue weighted by Gasteiger charge is 2.24. The second-order valence-corrected chi connectivity index (χ2v) is 12.5. The molecule has 6 nitrogen and oxygen atoms in total. The van der Waals surface area contributed by atoms with E-state index in [-0.39, 0.29) is 17.8 Å². The van der Waals surface area contributed by atoms with Gasteiger partial charge >= 0.3 is 0 Å². The molecule has 11 aromatic rings. The molecule has 7 aromatic carbocycles. The van der Waals surface area contributed by atoms with Gasteiger partial charge < -0.3 is 4.57 Å². The molecule has 4 aromatic heterocycles. The van der Waals surface area contributed by atoms with E-state index in [0.29, 0.717) is 28.8 Å². The summed E-state index contributed by atoms with van der Waals surface area (Å²) in [6.45, 7) is 0. The van der Waals surface area contributed by atoms with Crippen molar-refractivity contribution in [3.63, 3.8) is 0 Å². The quantitative estimate of drug-likeness (QED) is 0.189. The third kappa shape index (κ3) is 4.01. The molecule has 0 aliphatic heterocycles. The fraction of sp³-hybridized carbons (Fsp3) is 0. The van der Waals surface area contributed by atoms with Crippen molar-refractivity contribution in [1.29, 1.82) is 0 Å². The predicted molar refractivity (Wildman–Crippen MR) is 208 cm³/mol. The molecule has 0 saturated carbocycles. The highest BCUT2D eigenvalue weighted by Crippen LogP contribution is 2.42. The maximum atomic E-state index is 8.97. The highest BCUT2D eigenvalue weighted by atomic mass is 15.3. The Morgan fingerprint density at radius 2 is 0.902 bits per heavy atom. The summed E-state index contributed by atoms with van der Waals surface area (Å²) < 4.78 is 49.3. The fourth-order valence-corrected chi connectivity index (χ4v) is 7.72. The summed E-state index contributed by atoms with van der Waals surface area (Å²) in [5.74, 6) is 1.38. The lowest BCUT2D eigenvalue weighted by Crippen LogP contribution is -2.10. The standard InChI is InChI=1S/C45H28N6/c1-3-15-29(16-4-1)43-46-44(50-36-23-11-7-19-31(36)32-20-8-12-24-37(32)50)48-45(47-43)51-38-25-13-9-21-33(38)34-27-28-40-41(42(34)51)35-22-10-14-26-39(35)49(40)30-17-5-2-6-18-30/h1-28H/i2D,5D,6D,17D,18D. The highest BCUT2D eigenvalue weighted by molar-refractivity contribution is 6.26. The Hall–Kier alpha value is -7.05. The molecule has 238 valence electrons. The van der Waals surface area contributed by atoms with Crippen LogP contribution in [0.2, 0.25) is 0 Å². The Morgan fingerprint density at radius 3 is 1.55 bits per heavy atom. The van der Waals surface area contributed by atoms with E-state index in [2.05, 4.69) is 45.5 Å². The first-order chi connectivity index (χ1) is 27.4. The van der Waals surface area contributed by atoms with Crippen LogP contribution in [0.4, 0.5) is 0 Å². The zero-order valence-electron chi connectivity index (χ0n) is 32.0. The van der Waals surface area contributed by atoms with E-state index in [4.69, 9.17) is 21.8 Å². The first-order valence-corrected chi connectivity index (χ1v) is 16.7. The van der Waals surface area contributed by atoms with E-state index >= 15 is 0 Å². The Morgan fingerprint density at radius 1 is 0.392 bits per heavy atom. The number of hydrogen-bond donors (Lipinski definition) is 0. The molecule has 0 amide bonds. The fourth-order valence-electron chi connectivity index (χ4n) is 7.72. The lowest BCUT2D eigenvalue weighted by atomic mass is 10.1. The van der Waals surface area contributed by atoms with Gasteiger partial charge in [0.2, 0.25) is 11.9 Å². The van der Waals surface area contributed by atoms with Crippen molar-refractivity contribution < 1.29 is 6.85 Å². The number of aromatic nitrogens is 6. The maximum absolute atomic E-state index is 8.97. The van der Waals surface area contributed by atoms with Crippen LogP contribution < -0.4 is 0 Å². The minimum Gasteiger partial charge on any atom is -0.309 e. The van der Waals surface area contributed by atoms with E-state index in [9.17, 15) is 0 Å². The minimum atomic E-state index is -0.435. The van der Waals surface area contributed by atoms with Crippen molar-refractivity contribution in [3.05, 3.63) is 170 Å². The Labute approximate surface area is 299 Å². The Kier molecular flexibility index (Phi) is 4.91. The van der Waals surface area contributed by atoms with Crippen molar-refractivity contribution in [3.8, 4) is 29.0 Å². The molecule has 0 unspecified atom stereocenters. The van der Waals surface area contributed by atoms with Crippen LogP contribution in [0.1, 0.15) is 6.85 Å². The molecule has 0 saturated heterocycles. The van der Waals surface area contributed by atoms with Crippen LogP contribution in [0.15, 0.2) is 170 Å². The lowest BCUT2D eigenvalue weighted by Gasteiger charge is -2.13. The van der Waals surface area contributed by atoms with Gasteiger partial charge in [-0.25, -0.2) is 0 Å². The van der Waals surface area contributed by atoms with E-state index in [1.165, 1.54) is 0 Å². The predicted octanol–water partition coefficient (Wildman–Crippen LogP) is 10.8. The molecule has 0 spiro atoms. The van der Waals surface area contributed by atoms with Crippen LogP contribution >= 0.6 is 0 Å².